The van der Waals surface area contributed by atoms with Crippen LogP contribution in [-0.4, -0.2) is 11.8 Å². The van der Waals surface area contributed by atoms with Crippen LogP contribution in [0.4, 0.5) is 10.5 Å². The highest BCUT2D eigenvalue weighted by atomic mass is 16.7. The van der Waals surface area contributed by atoms with Gasteiger partial charge in [-0.05, 0) is 29.1 Å². The summed E-state index contributed by atoms with van der Waals surface area (Å²) in [5, 5.41) is 8.97. The van der Waals surface area contributed by atoms with Crippen LogP contribution in [0.3, 0.4) is 0 Å². The first-order valence-electron chi connectivity index (χ1n) is 10.1. The molecule has 0 fully saturated rings. The smallest absolute Gasteiger partial charge is 0.437 e. The minimum atomic E-state index is -0.635. The fourth-order valence-electron chi connectivity index (χ4n) is 3.79. The number of benzene rings is 4. The van der Waals surface area contributed by atoms with Gasteiger partial charge in [0.05, 0.1) is 11.4 Å². The second-order valence-electron chi connectivity index (χ2n) is 7.29. The summed E-state index contributed by atoms with van der Waals surface area (Å²) >= 11 is 0. The van der Waals surface area contributed by atoms with Crippen molar-refractivity contribution in [2.75, 3.05) is 5.32 Å². The molecule has 1 N–H and O–H groups in total. The molecule has 0 aromatic heterocycles. The van der Waals surface area contributed by atoms with Crippen molar-refractivity contribution in [2.24, 2.45) is 5.16 Å². The van der Waals surface area contributed by atoms with Gasteiger partial charge in [0.15, 0.2) is 0 Å². The topological polar surface area (TPSA) is 59.9 Å². The number of hydrogen-bond donors (Lipinski definition) is 1. The van der Waals surface area contributed by atoms with Gasteiger partial charge in [-0.1, -0.05) is 84.0 Å². The van der Waals surface area contributed by atoms with Crippen molar-refractivity contribution >= 4 is 28.3 Å². The largest absolute Gasteiger partial charge is 0.485 e. The van der Waals surface area contributed by atoms with Crippen LogP contribution in [0, 0.1) is 0 Å². The second-order valence-corrected chi connectivity index (χ2v) is 7.29. The molecule has 1 aliphatic heterocycles. The van der Waals surface area contributed by atoms with Gasteiger partial charge in [-0.2, -0.15) is 0 Å². The first-order valence-corrected chi connectivity index (χ1v) is 10.1. The fourth-order valence-corrected chi connectivity index (χ4v) is 3.79. The minimum absolute atomic E-state index is 0.195. The number of anilines is 1. The standard InChI is InChI=1S/C26H20N2O3/c29-26(27-22-15-8-12-18-9-4-5-13-20(18)22)31-28-23-17-25(19-10-2-1-3-11-19)30-24-16-7-6-14-21(23)24/h1-16,25H,17H2,(H,27,29)/b28-23-/t25-/m1/s1. The van der Waals surface area contributed by atoms with E-state index in [4.69, 9.17) is 9.57 Å². The van der Waals surface area contributed by atoms with E-state index in [0.717, 1.165) is 27.6 Å². The third kappa shape index (κ3) is 3.98. The summed E-state index contributed by atoms with van der Waals surface area (Å²) in [6, 6.07) is 31.2. The Morgan fingerprint density at radius 3 is 2.52 bits per heavy atom. The lowest BCUT2D eigenvalue weighted by Gasteiger charge is -2.27. The van der Waals surface area contributed by atoms with E-state index in [1.54, 1.807) is 0 Å². The van der Waals surface area contributed by atoms with Gasteiger partial charge >= 0.3 is 6.09 Å². The normalized spacial score (nSPS) is 16.4. The summed E-state index contributed by atoms with van der Waals surface area (Å²) in [6.07, 6.45) is -0.327. The van der Waals surface area contributed by atoms with Gasteiger partial charge in [-0.15, -0.1) is 0 Å². The third-order valence-corrected chi connectivity index (χ3v) is 5.28. The summed E-state index contributed by atoms with van der Waals surface area (Å²) in [6.45, 7) is 0. The number of oxime groups is 1. The van der Waals surface area contributed by atoms with Crippen LogP contribution >= 0.6 is 0 Å². The Morgan fingerprint density at radius 1 is 0.871 bits per heavy atom. The molecule has 4 aromatic carbocycles. The van der Waals surface area contributed by atoms with Crippen LogP contribution in [0.15, 0.2) is 102 Å². The Morgan fingerprint density at radius 2 is 1.61 bits per heavy atom. The highest BCUT2D eigenvalue weighted by molar-refractivity contribution is 6.04. The van der Waals surface area contributed by atoms with E-state index >= 15 is 0 Å². The van der Waals surface area contributed by atoms with Gasteiger partial charge in [0.1, 0.15) is 11.9 Å². The molecule has 1 aliphatic rings. The lowest BCUT2D eigenvalue weighted by Crippen LogP contribution is -2.22. The molecule has 0 saturated heterocycles. The number of carbonyl (C=O) groups excluding carboxylic acids is 1. The van der Waals surface area contributed by atoms with Crippen LogP contribution < -0.4 is 10.1 Å². The number of hydrogen-bond acceptors (Lipinski definition) is 4. The number of nitrogens with one attached hydrogen (secondary N) is 1. The molecule has 31 heavy (non-hydrogen) atoms. The van der Waals surface area contributed by atoms with E-state index in [1.165, 1.54) is 0 Å². The predicted octanol–water partition coefficient (Wildman–Crippen LogP) is 6.32. The van der Waals surface area contributed by atoms with E-state index in [2.05, 4.69) is 10.5 Å². The number of carbonyl (C=O) groups is 1. The quantitative estimate of drug-likeness (QED) is 0.319. The molecule has 0 spiro atoms. The molecular weight excluding hydrogens is 388 g/mol. The first-order chi connectivity index (χ1) is 15.3. The third-order valence-electron chi connectivity index (χ3n) is 5.28. The van der Waals surface area contributed by atoms with Crippen molar-refractivity contribution < 1.29 is 14.4 Å². The lowest BCUT2D eigenvalue weighted by atomic mass is 9.96. The number of rotatable bonds is 3. The molecular formula is C26H20N2O3. The molecule has 0 unspecified atom stereocenters. The molecule has 0 saturated carbocycles. The highest BCUT2D eigenvalue weighted by Crippen LogP contribution is 2.35. The van der Waals surface area contributed by atoms with Crippen molar-refractivity contribution in [3.8, 4) is 5.75 Å². The zero-order chi connectivity index (χ0) is 21.0. The molecule has 0 bridgehead atoms. The molecule has 4 aromatic rings. The maximum atomic E-state index is 12.5. The Hall–Kier alpha value is -4.12. The summed E-state index contributed by atoms with van der Waals surface area (Å²) in [4.78, 5) is 17.7. The van der Waals surface area contributed by atoms with Gasteiger partial charge in [0, 0.05) is 17.4 Å². The summed E-state index contributed by atoms with van der Waals surface area (Å²) < 4.78 is 6.16. The maximum absolute atomic E-state index is 12.5. The van der Waals surface area contributed by atoms with E-state index < -0.39 is 6.09 Å². The molecule has 152 valence electrons. The average molecular weight is 408 g/mol. The molecule has 1 amide bonds. The number of ether oxygens (including phenoxy) is 1. The molecule has 0 radical (unpaired) electrons. The van der Waals surface area contributed by atoms with Crippen LogP contribution in [0.25, 0.3) is 10.8 Å². The van der Waals surface area contributed by atoms with E-state index in [9.17, 15) is 4.79 Å². The molecule has 5 heteroatoms. The molecule has 5 rings (SSSR count). The van der Waals surface area contributed by atoms with E-state index in [0.29, 0.717) is 17.8 Å². The van der Waals surface area contributed by atoms with Crippen molar-refractivity contribution in [1.29, 1.82) is 0 Å². The van der Waals surface area contributed by atoms with E-state index in [-0.39, 0.29) is 6.10 Å². The monoisotopic (exact) mass is 408 g/mol. The maximum Gasteiger partial charge on any atom is 0.437 e. The van der Waals surface area contributed by atoms with Crippen LogP contribution in [0.2, 0.25) is 0 Å². The molecule has 1 heterocycles. The SMILES string of the molecule is O=C(Nc1cccc2ccccc12)O/N=C1/C[C@H](c2ccccc2)Oc2ccccc21. The zero-order valence-electron chi connectivity index (χ0n) is 16.7. The van der Waals surface area contributed by atoms with Gasteiger partial charge in [-0.3, -0.25) is 10.2 Å². The van der Waals surface area contributed by atoms with Crippen molar-refractivity contribution in [3.63, 3.8) is 0 Å². The Bertz CT molecular complexity index is 1260. The number of nitrogens with zero attached hydrogens (tertiary/aromatic N) is 1. The van der Waals surface area contributed by atoms with Gasteiger partial charge in [0.25, 0.3) is 0 Å². The molecule has 1 atom stereocenters. The summed E-state index contributed by atoms with van der Waals surface area (Å²) in [7, 11) is 0. The van der Waals surface area contributed by atoms with Crippen LogP contribution in [-0.2, 0) is 4.84 Å². The zero-order valence-corrected chi connectivity index (χ0v) is 16.7. The van der Waals surface area contributed by atoms with Crippen LogP contribution in [0.1, 0.15) is 23.7 Å². The minimum Gasteiger partial charge on any atom is -0.485 e. The second kappa shape index (κ2) is 8.32. The van der Waals surface area contributed by atoms with Gasteiger partial charge in [-0.25, -0.2) is 4.79 Å². The molecule has 5 nitrogen and oxygen atoms in total. The fraction of sp³-hybridized carbons (Fsp3) is 0.0769. The summed E-state index contributed by atoms with van der Waals surface area (Å²) in [5.74, 6) is 0.722. The van der Waals surface area contributed by atoms with Crippen LogP contribution in [0.5, 0.6) is 5.75 Å². The predicted molar refractivity (Wildman–Crippen MR) is 121 cm³/mol. The first kappa shape index (κ1) is 18.9. The van der Waals surface area contributed by atoms with Crippen molar-refractivity contribution in [1.82, 2.24) is 0 Å². The molecule has 0 aliphatic carbocycles. The number of amides is 1. The van der Waals surface area contributed by atoms with Crippen molar-refractivity contribution in [3.05, 3.63) is 108 Å². The Balaban J connectivity index is 1.38. The lowest BCUT2D eigenvalue weighted by molar-refractivity contribution is 0.163. The van der Waals surface area contributed by atoms with Gasteiger partial charge in [0.2, 0.25) is 0 Å². The van der Waals surface area contributed by atoms with E-state index in [1.807, 2.05) is 97.1 Å². The Labute approximate surface area is 179 Å². The average Bonchev–Trinajstić information content (AvgIpc) is 2.83. The van der Waals surface area contributed by atoms with Crippen molar-refractivity contribution in [2.45, 2.75) is 12.5 Å². The Kier molecular flexibility index (Phi) is 5.07. The highest BCUT2D eigenvalue weighted by Gasteiger charge is 2.26. The van der Waals surface area contributed by atoms with Gasteiger partial charge < -0.3 is 4.74 Å². The number of fused-ring (bicyclic) bond motifs is 2. The summed E-state index contributed by atoms with van der Waals surface area (Å²) in [5.41, 5.74) is 3.22. The number of para-hydroxylation sites is 1.